The van der Waals surface area contributed by atoms with Crippen LogP contribution in [0.25, 0.3) is 11.0 Å². The SMILES string of the molecule is C=CCOc1ccc(C2c3c(oc4ccc(Br)cc4c3=O)C(=O)N2c2ccc(OC)c(Cl)c2)cc1OC. The number of methoxy groups -OCH3 is 2. The van der Waals surface area contributed by atoms with Crippen LogP contribution < -0.4 is 24.5 Å². The van der Waals surface area contributed by atoms with Crippen molar-refractivity contribution < 1.29 is 23.4 Å². The molecule has 1 unspecified atom stereocenters. The molecule has 37 heavy (non-hydrogen) atoms. The largest absolute Gasteiger partial charge is 0.495 e. The van der Waals surface area contributed by atoms with E-state index in [1.807, 2.05) is 0 Å². The molecule has 0 fully saturated rings. The minimum atomic E-state index is -0.811. The second kappa shape index (κ2) is 9.95. The van der Waals surface area contributed by atoms with Gasteiger partial charge in [0.05, 0.1) is 36.2 Å². The summed E-state index contributed by atoms with van der Waals surface area (Å²) in [6.45, 7) is 3.96. The first-order valence-corrected chi connectivity index (χ1v) is 12.4. The molecule has 0 saturated heterocycles. The van der Waals surface area contributed by atoms with Crippen LogP contribution in [0.1, 0.15) is 27.7 Å². The highest BCUT2D eigenvalue weighted by atomic mass is 79.9. The summed E-state index contributed by atoms with van der Waals surface area (Å²) < 4.78 is 23.3. The summed E-state index contributed by atoms with van der Waals surface area (Å²) in [7, 11) is 3.03. The summed E-state index contributed by atoms with van der Waals surface area (Å²) in [5, 5.41) is 0.681. The molecule has 0 saturated carbocycles. The Morgan fingerprint density at radius 3 is 2.49 bits per heavy atom. The van der Waals surface area contributed by atoms with Crippen LogP contribution >= 0.6 is 27.5 Å². The minimum Gasteiger partial charge on any atom is -0.495 e. The van der Waals surface area contributed by atoms with Crippen molar-refractivity contribution in [3.05, 3.63) is 104 Å². The van der Waals surface area contributed by atoms with E-state index in [9.17, 15) is 9.59 Å². The van der Waals surface area contributed by atoms with Crippen LogP contribution in [0, 0.1) is 0 Å². The summed E-state index contributed by atoms with van der Waals surface area (Å²) in [6, 6.07) is 14.5. The average Bonchev–Trinajstić information content (AvgIpc) is 3.20. The predicted molar refractivity (Wildman–Crippen MR) is 146 cm³/mol. The van der Waals surface area contributed by atoms with E-state index in [0.717, 1.165) is 4.47 Å². The van der Waals surface area contributed by atoms with Crippen molar-refractivity contribution in [3.63, 3.8) is 0 Å². The third-order valence-corrected chi connectivity index (χ3v) is 6.89. The maximum atomic E-state index is 13.8. The molecule has 188 valence electrons. The van der Waals surface area contributed by atoms with Crippen molar-refractivity contribution in [2.75, 3.05) is 25.7 Å². The highest BCUT2D eigenvalue weighted by Gasteiger charge is 2.44. The van der Waals surface area contributed by atoms with Gasteiger partial charge in [-0.05, 0) is 54.1 Å². The van der Waals surface area contributed by atoms with E-state index in [0.29, 0.717) is 51.1 Å². The third-order valence-electron chi connectivity index (χ3n) is 6.11. The standard InChI is InChI=1S/C28H21BrClNO6/c1-4-11-36-22-8-5-15(12-23(22)35-3)25-24-26(32)18-13-16(29)6-9-20(18)37-27(24)28(33)31(25)17-7-10-21(34-2)19(30)14-17/h4-10,12-14,25H,1,11H2,2-3H3. The summed E-state index contributed by atoms with van der Waals surface area (Å²) in [6.07, 6.45) is 1.63. The summed E-state index contributed by atoms with van der Waals surface area (Å²) in [5.41, 5.74) is 1.35. The second-order valence-electron chi connectivity index (χ2n) is 8.22. The van der Waals surface area contributed by atoms with Crippen LogP contribution in [0.3, 0.4) is 0 Å². The van der Waals surface area contributed by atoms with Crippen LogP contribution in [-0.4, -0.2) is 26.7 Å². The zero-order valence-corrected chi connectivity index (χ0v) is 22.3. The van der Waals surface area contributed by atoms with Gasteiger partial charge < -0.3 is 18.6 Å². The molecule has 1 aliphatic heterocycles. The molecule has 5 rings (SSSR count). The van der Waals surface area contributed by atoms with Crippen molar-refractivity contribution in [1.29, 1.82) is 0 Å². The monoisotopic (exact) mass is 581 g/mol. The number of hydrogen-bond acceptors (Lipinski definition) is 6. The number of carbonyl (C=O) groups is 1. The van der Waals surface area contributed by atoms with E-state index in [1.165, 1.54) is 19.1 Å². The fraction of sp³-hybridized carbons (Fsp3) is 0.143. The van der Waals surface area contributed by atoms with Gasteiger partial charge in [0.15, 0.2) is 16.9 Å². The number of fused-ring (bicyclic) bond motifs is 2. The van der Waals surface area contributed by atoms with Crippen molar-refractivity contribution >= 4 is 50.1 Å². The molecular weight excluding hydrogens is 562 g/mol. The molecular formula is C28H21BrClNO6. The van der Waals surface area contributed by atoms with Crippen molar-refractivity contribution in [3.8, 4) is 17.2 Å². The zero-order chi connectivity index (χ0) is 26.3. The molecule has 1 amide bonds. The molecule has 0 bridgehead atoms. The second-order valence-corrected chi connectivity index (χ2v) is 9.54. The van der Waals surface area contributed by atoms with E-state index < -0.39 is 11.9 Å². The van der Waals surface area contributed by atoms with Gasteiger partial charge in [-0.25, -0.2) is 0 Å². The molecule has 0 aliphatic carbocycles. The van der Waals surface area contributed by atoms with Crippen LogP contribution in [0.5, 0.6) is 17.2 Å². The summed E-state index contributed by atoms with van der Waals surface area (Å²) in [4.78, 5) is 29.1. The molecule has 3 aromatic carbocycles. The topological polar surface area (TPSA) is 78.2 Å². The quantitative estimate of drug-likeness (QED) is 0.230. The number of nitrogens with zero attached hydrogens (tertiary/aromatic N) is 1. The number of benzene rings is 3. The number of hydrogen-bond donors (Lipinski definition) is 0. The molecule has 0 N–H and O–H groups in total. The van der Waals surface area contributed by atoms with E-state index in [2.05, 4.69) is 22.5 Å². The lowest BCUT2D eigenvalue weighted by atomic mass is 9.97. The lowest BCUT2D eigenvalue weighted by molar-refractivity contribution is 0.0971. The van der Waals surface area contributed by atoms with Crippen molar-refractivity contribution in [1.82, 2.24) is 0 Å². The highest BCUT2D eigenvalue weighted by Crippen LogP contribution is 2.44. The Hall–Kier alpha value is -3.75. The van der Waals surface area contributed by atoms with Crippen molar-refractivity contribution in [2.45, 2.75) is 6.04 Å². The molecule has 9 heteroatoms. The predicted octanol–water partition coefficient (Wildman–Crippen LogP) is 6.54. The first-order chi connectivity index (χ1) is 17.9. The van der Waals surface area contributed by atoms with Gasteiger partial charge in [-0.3, -0.25) is 14.5 Å². The summed E-state index contributed by atoms with van der Waals surface area (Å²) >= 11 is 9.83. The lowest BCUT2D eigenvalue weighted by Crippen LogP contribution is -2.29. The fourth-order valence-electron chi connectivity index (χ4n) is 4.45. The molecule has 0 spiro atoms. The molecule has 4 aromatic rings. The first kappa shape index (κ1) is 24.9. The van der Waals surface area contributed by atoms with Gasteiger partial charge >= 0.3 is 0 Å². The Balaban J connectivity index is 1.76. The molecule has 1 atom stereocenters. The Bertz CT molecular complexity index is 1610. The van der Waals surface area contributed by atoms with Crippen LogP contribution in [-0.2, 0) is 0 Å². The minimum absolute atomic E-state index is 0.0253. The number of carbonyl (C=O) groups excluding carboxylic acids is 1. The third kappa shape index (κ3) is 4.26. The smallest absolute Gasteiger partial charge is 0.295 e. The molecule has 1 aliphatic rings. The van der Waals surface area contributed by atoms with Gasteiger partial charge in [0.1, 0.15) is 17.9 Å². The lowest BCUT2D eigenvalue weighted by Gasteiger charge is -2.26. The van der Waals surface area contributed by atoms with Gasteiger partial charge in [-0.15, -0.1) is 0 Å². The molecule has 7 nitrogen and oxygen atoms in total. The Morgan fingerprint density at radius 1 is 1.03 bits per heavy atom. The van der Waals surface area contributed by atoms with E-state index >= 15 is 0 Å². The van der Waals surface area contributed by atoms with Crippen LogP contribution in [0.4, 0.5) is 5.69 Å². The number of anilines is 1. The molecule has 1 aromatic heterocycles. The molecule has 0 radical (unpaired) electrons. The summed E-state index contributed by atoms with van der Waals surface area (Å²) in [5.74, 6) is 0.920. The Kier molecular flexibility index (Phi) is 6.70. The zero-order valence-electron chi connectivity index (χ0n) is 19.9. The van der Waals surface area contributed by atoms with Gasteiger partial charge in [0, 0.05) is 10.2 Å². The van der Waals surface area contributed by atoms with E-state index in [1.54, 1.807) is 60.7 Å². The maximum Gasteiger partial charge on any atom is 0.295 e. The van der Waals surface area contributed by atoms with E-state index in [4.69, 9.17) is 30.2 Å². The number of ether oxygens (including phenoxy) is 3. The van der Waals surface area contributed by atoms with Gasteiger partial charge in [-0.1, -0.05) is 46.3 Å². The van der Waals surface area contributed by atoms with E-state index in [-0.39, 0.29) is 16.8 Å². The highest BCUT2D eigenvalue weighted by molar-refractivity contribution is 9.10. The molecule has 2 heterocycles. The maximum absolute atomic E-state index is 13.8. The normalized spacial score (nSPS) is 14.5. The Labute approximate surface area is 225 Å². The number of halogens is 2. The van der Waals surface area contributed by atoms with Gasteiger partial charge in [0.2, 0.25) is 5.76 Å². The van der Waals surface area contributed by atoms with Crippen LogP contribution in [0.15, 0.2) is 80.9 Å². The number of rotatable bonds is 7. The fourth-order valence-corrected chi connectivity index (χ4v) is 5.07. The number of amides is 1. The van der Waals surface area contributed by atoms with Gasteiger partial charge in [0.25, 0.3) is 5.91 Å². The first-order valence-electron chi connectivity index (χ1n) is 11.2. The van der Waals surface area contributed by atoms with Gasteiger partial charge in [-0.2, -0.15) is 0 Å². The van der Waals surface area contributed by atoms with Crippen molar-refractivity contribution in [2.24, 2.45) is 0 Å². The Morgan fingerprint density at radius 2 is 1.78 bits per heavy atom. The van der Waals surface area contributed by atoms with Crippen LogP contribution in [0.2, 0.25) is 5.02 Å². The average molecular weight is 583 g/mol.